The highest BCUT2D eigenvalue weighted by Gasteiger charge is 2.52. The van der Waals surface area contributed by atoms with E-state index in [2.05, 4.69) is 9.97 Å². The first-order chi connectivity index (χ1) is 10.5. The summed E-state index contributed by atoms with van der Waals surface area (Å²) in [7, 11) is 1.54. The van der Waals surface area contributed by atoms with Crippen LogP contribution in [0.5, 0.6) is 5.75 Å². The molecular weight excluding hydrogens is 286 g/mol. The Labute approximate surface area is 128 Å². The molecule has 2 N–H and O–H groups in total. The van der Waals surface area contributed by atoms with E-state index in [0.717, 1.165) is 12.8 Å². The van der Waals surface area contributed by atoms with Crippen molar-refractivity contribution in [3.8, 4) is 5.75 Å². The SMILES string of the molecule is COc1cnc(N2CC[C@@H](O)[C@](CC3CC3)(C(=O)O)C2)nc1. The molecule has 22 heavy (non-hydrogen) atoms. The number of carboxylic acids is 1. The van der Waals surface area contributed by atoms with E-state index in [0.29, 0.717) is 37.0 Å². The lowest BCUT2D eigenvalue weighted by Gasteiger charge is -2.43. The van der Waals surface area contributed by atoms with Crippen LogP contribution < -0.4 is 9.64 Å². The summed E-state index contributed by atoms with van der Waals surface area (Å²) < 4.78 is 5.04. The number of carbonyl (C=O) groups is 1. The molecule has 1 aromatic rings. The zero-order valence-electron chi connectivity index (χ0n) is 12.6. The van der Waals surface area contributed by atoms with Gasteiger partial charge < -0.3 is 19.8 Å². The number of nitrogens with zero attached hydrogens (tertiary/aromatic N) is 3. The van der Waals surface area contributed by atoms with Crippen molar-refractivity contribution in [1.82, 2.24) is 9.97 Å². The second-order valence-electron chi connectivity index (χ2n) is 6.26. The Morgan fingerprint density at radius 3 is 2.64 bits per heavy atom. The minimum atomic E-state index is -1.12. The molecule has 3 rings (SSSR count). The maximum Gasteiger partial charge on any atom is 0.314 e. The van der Waals surface area contributed by atoms with Crippen LogP contribution in [0, 0.1) is 11.3 Å². The summed E-state index contributed by atoms with van der Waals surface area (Å²) in [6, 6.07) is 0. The van der Waals surface area contributed by atoms with E-state index in [1.54, 1.807) is 19.5 Å². The molecule has 120 valence electrons. The number of methoxy groups -OCH3 is 1. The fraction of sp³-hybridized carbons (Fsp3) is 0.667. The van der Waals surface area contributed by atoms with Gasteiger partial charge in [-0.1, -0.05) is 12.8 Å². The van der Waals surface area contributed by atoms with Gasteiger partial charge in [-0.15, -0.1) is 0 Å². The molecule has 2 heterocycles. The van der Waals surface area contributed by atoms with Gasteiger partial charge in [0.1, 0.15) is 5.41 Å². The van der Waals surface area contributed by atoms with Gasteiger partial charge in [0.15, 0.2) is 5.75 Å². The van der Waals surface area contributed by atoms with E-state index < -0.39 is 17.5 Å². The molecule has 0 unspecified atom stereocenters. The predicted octanol–water partition coefficient (Wildman–Crippen LogP) is 0.927. The Bertz CT molecular complexity index is 546. The number of hydrogen-bond donors (Lipinski definition) is 2. The Morgan fingerprint density at radius 2 is 2.09 bits per heavy atom. The van der Waals surface area contributed by atoms with Gasteiger partial charge in [0.2, 0.25) is 5.95 Å². The fourth-order valence-electron chi connectivity index (χ4n) is 3.16. The first-order valence-electron chi connectivity index (χ1n) is 7.57. The molecule has 0 spiro atoms. The van der Waals surface area contributed by atoms with Crippen molar-refractivity contribution in [1.29, 1.82) is 0 Å². The molecule has 7 nitrogen and oxygen atoms in total. The third-order valence-corrected chi connectivity index (χ3v) is 4.69. The maximum atomic E-state index is 11.9. The van der Waals surface area contributed by atoms with E-state index in [1.165, 1.54) is 0 Å². The second-order valence-corrected chi connectivity index (χ2v) is 6.26. The van der Waals surface area contributed by atoms with Crippen LogP contribution in [-0.2, 0) is 4.79 Å². The summed E-state index contributed by atoms with van der Waals surface area (Å²) in [5.74, 6) is 0.532. The minimum absolute atomic E-state index is 0.242. The molecule has 1 aliphatic heterocycles. The number of aliphatic hydroxyl groups excluding tert-OH is 1. The van der Waals surface area contributed by atoms with Crippen LogP contribution in [0.1, 0.15) is 25.7 Å². The number of anilines is 1. The molecule has 7 heteroatoms. The lowest BCUT2D eigenvalue weighted by Crippen LogP contribution is -2.56. The van der Waals surface area contributed by atoms with E-state index in [9.17, 15) is 15.0 Å². The number of rotatable bonds is 5. The van der Waals surface area contributed by atoms with Crippen LogP contribution in [0.3, 0.4) is 0 Å². The highest BCUT2D eigenvalue weighted by Crippen LogP contribution is 2.45. The van der Waals surface area contributed by atoms with Crippen molar-refractivity contribution in [3.63, 3.8) is 0 Å². The van der Waals surface area contributed by atoms with Gasteiger partial charge in [-0.25, -0.2) is 9.97 Å². The van der Waals surface area contributed by atoms with Gasteiger partial charge in [-0.05, 0) is 18.8 Å². The lowest BCUT2D eigenvalue weighted by molar-refractivity contribution is -0.158. The molecule has 0 amide bonds. The van der Waals surface area contributed by atoms with Crippen molar-refractivity contribution in [3.05, 3.63) is 12.4 Å². The maximum absolute atomic E-state index is 11.9. The summed E-state index contributed by atoms with van der Waals surface area (Å²) in [6.45, 7) is 0.791. The van der Waals surface area contributed by atoms with Crippen molar-refractivity contribution in [2.75, 3.05) is 25.1 Å². The van der Waals surface area contributed by atoms with Crippen LogP contribution in [0.2, 0.25) is 0 Å². The van der Waals surface area contributed by atoms with Gasteiger partial charge in [-0.3, -0.25) is 4.79 Å². The number of aliphatic hydroxyl groups is 1. The topological polar surface area (TPSA) is 95.8 Å². The molecule has 0 radical (unpaired) electrons. The molecule has 2 aliphatic rings. The summed E-state index contributed by atoms with van der Waals surface area (Å²) in [5, 5.41) is 20.1. The zero-order valence-corrected chi connectivity index (χ0v) is 12.6. The molecule has 1 aliphatic carbocycles. The highest BCUT2D eigenvalue weighted by atomic mass is 16.5. The van der Waals surface area contributed by atoms with E-state index in [1.807, 2.05) is 4.90 Å². The summed E-state index contributed by atoms with van der Waals surface area (Å²) in [4.78, 5) is 22.2. The molecular formula is C15H21N3O4. The molecule has 2 atom stereocenters. The first-order valence-corrected chi connectivity index (χ1v) is 7.57. The van der Waals surface area contributed by atoms with Crippen LogP contribution in [0.25, 0.3) is 0 Å². The molecule has 1 saturated heterocycles. The fourth-order valence-corrected chi connectivity index (χ4v) is 3.16. The zero-order chi connectivity index (χ0) is 15.7. The molecule has 0 aromatic carbocycles. The standard InChI is InChI=1S/C15H21N3O4/c1-22-11-7-16-14(17-8-11)18-5-4-12(19)15(9-18,13(20)21)6-10-2-3-10/h7-8,10,12,19H,2-6,9H2,1H3,(H,20,21)/t12-,15-/m1/s1. The highest BCUT2D eigenvalue weighted by molar-refractivity contribution is 5.77. The van der Waals surface area contributed by atoms with Crippen LogP contribution in [0.15, 0.2) is 12.4 Å². The summed E-state index contributed by atoms with van der Waals surface area (Å²) in [5.41, 5.74) is -1.12. The molecule has 1 saturated carbocycles. The van der Waals surface area contributed by atoms with Crippen molar-refractivity contribution in [2.45, 2.75) is 31.8 Å². The van der Waals surface area contributed by atoms with Gasteiger partial charge >= 0.3 is 5.97 Å². The number of aliphatic carboxylic acids is 1. The summed E-state index contributed by atoms with van der Waals surface area (Å²) in [6.07, 6.45) is 5.36. The second kappa shape index (κ2) is 5.72. The number of hydrogen-bond acceptors (Lipinski definition) is 6. The molecule has 2 fully saturated rings. The molecule has 1 aromatic heterocycles. The Kier molecular flexibility index (Phi) is 3.90. The Morgan fingerprint density at radius 1 is 1.41 bits per heavy atom. The van der Waals surface area contributed by atoms with Crippen LogP contribution >= 0.6 is 0 Å². The normalized spacial score (nSPS) is 28.5. The van der Waals surface area contributed by atoms with E-state index in [-0.39, 0.29) is 6.54 Å². The number of carboxylic acid groups (broad SMARTS) is 1. The number of aromatic nitrogens is 2. The van der Waals surface area contributed by atoms with Gasteiger partial charge in [0, 0.05) is 13.1 Å². The largest absolute Gasteiger partial charge is 0.494 e. The quantitative estimate of drug-likeness (QED) is 0.835. The third-order valence-electron chi connectivity index (χ3n) is 4.69. The first kappa shape index (κ1) is 15.0. The smallest absolute Gasteiger partial charge is 0.314 e. The molecule has 0 bridgehead atoms. The lowest BCUT2D eigenvalue weighted by atomic mass is 9.73. The average Bonchev–Trinajstić information content (AvgIpc) is 3.33. The Hall–Kier alpha value is -1.89. The number of ether oxygens (including phenoxy) is 1. The van der Waals surface area contributed by atoms with Gasteiger partial charge in [-0.2, -0.15) is 0 Å². The van der Waals surface area contributed by atoms with Crippen molar-refractivity contribution in [2.24, 2.45) is 11.3 Å². The predicted molar refractivity (Wildman–Crippen MR) is 78.8 cm³/mol. The van der Waals surface area contributed by atoms with Gasteiger partial charge in [0.05, 0.1) is 25.6 Å². The van der Waals surface area contributed by atoms with Gasteiger partial charge in [0.25, 0.3) is 0 Å². The monoisotopic (exact) mass is 307 g/mol. The Balaban J connectivity index is 1.82. The summed E-state index contributed by atoms with van der Waals surface area (Å²) >= 11 is 0. The van der Waals surface area contributed by atoms with E-state index in [4.69, 9.17) is 4.74 Å². The third kappa shape index (κ3) is 2.72. The van der Waals surface area contributed by atoms with Crippen LogP contribution in [-0.4, -0.2) is 52.5 Å². The van der Waals surface area contributed by atoms with Crippen molar-refractivity contribution < 1.29 is 19.7 Å². The van der Waals surface area contributed by atoms with Crippen molar-refractivity contribution >= 4 is 11.9 Å². The number of piperidine rings is 1. The van der Waals surface area contributed by atoms with Crippen LogP contribution in [0.4, 0.5) is 5.95 Å². The van der Waals surface area contributed by atoms with E-state index >= 15 is 0 Å². The average molecular weight is 307 g/mol. The minimum Gasteiger partial charge on any atom is -0.494 e.